The van der Waals surface area contributed by atoms with Crippen molar-refractivity contribution in [1.82, 2.24) is 9.88 Å². The predicted octanol–water partition coefficient (Wildman–Crippen LogP) is 5.71. The van der Waals surface area contributed by atoms with Crippen LogP contribution < -0.4 is 4.90 Å². The minimum atomic E-state index is -1.41. The molecule has 1 aromatic heterocycles. The first-order valence-electron chi connectivity index (χ1n) is 9.93. The predicted molar refractivity (Wildman–Crippen MR) is 116 cm³/mol. The number of pyridine rings is 1. The standard InChI is InChI=1S/C24H28FN3O/c1-5-19(6-2)20-11-12-22(26-16-20)28-14-8-13-27(23(28)29)17-18-9-7-10-21(15-18)24(3,4)25/h5-7,9-12,15-16H,1,8,13-14,17H2,2-4H3/b19-6+. The van der Waals surface area contributed by atoms with Crippen LogP contribution in [0.3, 0.4) is 0 Å². The number of aromatic nitrogens is 1. The van der Waals surface area contributed by atoms with Crippen LogP contribution in [0.2, 0.25) is 0 Å². The molecular weight excluding hydrogens is 365 g/mol. The lowest BCUT2D eigenvalue weighted by molar-refractivity contribution is 0.192. The highest BCUT2D eigenvalue weighted by Crippen LogP contribution is 2.26. The molecule has 0 N–H and O–H groups in total. The number of halogens is 1. The van der Waals surface area contributed by atoms with Crippen LogP contribution in [0.1, 0.15) is 43.9 Å². The van der Waals surface area contributed by atoms with Crippen LogP contribution in [0.25, 0.3) is 5.57 Å². The minimum absolute atomic E-state index is 0.0728. The van der Waals surface area contributed by atoms with Crippen molar-refractivity contribution in [3.8, 4) is 0 Å². The lowest BCUT2D eigenvalue weighted by atomic mass is 9.98. The number of carbonyl (C=O) groups excluding carboxylic acids is 1. The molecule has 2 heterocycles. The van der Waals surface area contributed by atoms with E-state index in [-0.39, 0.29) is 6.03 Å². The maximum Gasteiger partial charge on any atom is 0.325 e. The number of urea groups is 1. The van der Waals surface area contributed by atoms with Crippen molar-refractivity contribution in [3.63, 3.8) is 0 Å². The molecule has 0 bridgehead atoms. The molecule has 0 radical (unpaired) electrons. The number of hydrogen-bond donors (Lipinski definition) is 0. The normalized spacial score (nSPS) is 15.6. The molecule has 0 atom stereocenters. The van der Waals surface area contributed by atoms with Gasteiger partial charge in [-0.3, -0.25) is 4.90 Å². The fourth-order valence-corrected chi connectivity index (χ4v) is 3.52. The molecule has 2 amide bonds. The second-order valence-corrected chi connectivity index (χ2v) is 7.74. The summed E-state index contributed by atoms with van der Waals surface area (Å²) in [5.41, 5.74) is 2.12. The zero-order chi connectivity index (χ0) is 21.0. The summed E-state index contributed by atoms with van der Waals surface area (Å²) in [5.74, 6) is 0.640. The number of allylic oxidation sites excluding steroid dienone is 3. The van der Waals surface area contributed by atoms with Gasteiger partial charge in [0.05, 0.1) is 0 Å². The van der Waals surface area contributed by atoms with Gasteiger partial charge < -0.3 is 4.90 Å². The van der Waals surface area contributed by atoms with Crippen LogP contribution in [0.15, 0.2) is 61.3 Å². The maximum absolute atomic E-state index is 14.3. The molecule has 1 saturated heterocycles. The van der Waals surface area contributed by atoms with Gasteiger partial charge in [-0.1, -0.05) is 43.0 Å². The third-order valence-corrected chi connectivity index (χ3v) is 5.19. The molecular formula is C24H28FN3O. The number of alkyl halides is 1. The van der Waals surface area contributed by atoms with E-state index in [2.05, 4.69) is 11.6 Å². The monoisotopic (exact) mass is 393 g/mol. The molecule has 1 aromatic carbocycles. The fraction of sp³-hybridized carbons (Fsp3) is 0.333. The Hall–Kier alpha value is -2.95. The summed E-state index contributed by atoms with van der Waals surface area (Å²) in [6.07, 6.45) is 6.39. The van der Waals surface area contributed by atoms with Crippen LogP contribution in [0.4, 0.5) is 15.0 Å². The van der Waals surface area contributed by atoms with Crippen LogP contribution in [-0.2, 0) is 12.2 Å². The third kappa shape index (κ3) is 4.73. The van der Waals surface area contributed by atoms with Gasteiger partial charge in [-0.15, -0.1) is 0 Å². The summed E-state index contributed by atoms with van der Waals surface area (Å²) in [6.45, 7) is 10.6. The Kier molecular flexibility index (Phi) is 6.16. The Bertz CT molecular complexity index is 912. The Morgan fingerprint density at radius 3 is 2.69 bits per heavy atom. The molecule has 1 fully saturated rings. The van der Waals surface area contributed by atoms with Crippen LogP contribution in [0.5, 0.6) is 0 Å². The van der Waals surface area contributed by atoms with Gasteiger partial charge >= 0.3 is 6.03 Å². The Labute approximate surface area is 172 Å². The maximum atomic E-state index is 14.3. The topological polar surface area (TPSA) is 36.4 Å². The van der Waals surface area contributed by atoms with Gasteiger partial charge in [-0.25, -0.2) is 14.2 Å². The highest BCUT2D eigenvalue weighted by atomic mass is 19.1. The first kappa shape index (κ1) is 20.8. The summed E-state index contributed by atoms with van der Waals surface area (Å²) in [6, 6.07) is 11.2. The fourth-order valence-electron chi connectivity index (χ4n) is 3.52. The molecule has 152 valence electrons. The van der Waals surface area contributed by atoms with Crippen molar-refractivity contribution in [2.45, 2.75) is 39.4 Å². The van der Waals surface area contributed by atoms with Crippen molar-refractivity contribution < 1.29 is 9.18 Å². The SMILES string of the molecule is C=C/C(=C\C)c1ccc(N2CCCN(Cc3cccc(C(C)(C)F)c3)C2=O)nc1. The molecule has 5 heteroatoms. The number of anilines is 1. The largest absolute Gasteiger partial charge is 0.325 e. The molecule has 1 aliphatic heterocycles. The number of nitrogens with zero attached hydrogens (tertiary/aromatic N) is 3. The number of amides is 2. The van der Waals surface area contributed by atoms with E-state index in [4.69, 9.17) is 0 Å². The van der Waals surface area contributed by atoms with E-state index in [1.54, 1.807) is 42.0 Å². The smallest absolute Gasteiger partial charge is 0.320 e. The van der Waals surface area contributed by atoms with Crippen LogP contribution >= 0.6 is 0 Å². The molecule has 3 rings (SSSR count). The van der Waals surface area contributed by atoms with Gasteiger partial charge in [0.25, 0.3) is 0 Å². The molecule has 1 aliphatic rings. The molecule has 0 aliphatic carbocycles. The number of benzene rings is 1. The lowest BCUT2D eigenvalue weighted by Gasteiger charge is -2.35. The van der Waals surface area contributed by atoms with Crippen molar-refractivity contribution in [3.05, 3.63) is 78.0 Å². The van der Waals surface area contributed by atoms with Crippen molar-refractivity contribution in [1.29, 1.82) is 0 Å². The molecule has 0 unspecified atom stereocenters. The summed E-state index contributed by atoms with van der Waals surface area (Å²) < 4.78 is 14.3. The average Bonchev–Trinajstić information content (AvgIpc) is 2.71. The summed E-state index contributed by atoms with van der Waals surface area (Å²) in [4.78, 5) is 21.1. The van der Waals surface area contributed by atoms with E-state index in [1.165, 1.54) is 0 Å². The highest BCUT2D eigenvalue weighted by Gasteiger charge is 2.28. The molecule has 2 aromatic rings. The first-order chi connectivity index (χ1) is 13.8. The van der Waals surface area contributed by atoms with Crippen LogP contribution in [-0.4, -0.2) is 29.0 Å². The van der Waals surface area contributed by atoms with E-state index >= 15 is 0 Å². The Morgan fingerprint density at radius 1 is 1.28 bits per heavy atom. The minimum Gasteiger partial charge on any atom is -0.320 e. The van der Waals surface area contributed by atoms with Gasteiger partial charge in [-0.05, 0) is 61.6 Å². The summed E-state index contributed by atoms with van der Waals surface area (Å²) >= 11 is 0. The van der Waals surface area contributed by atoms with Gasteiger partial charge in [-0.2, -0.15) is 0 Å². The van der Waals surface area contributed by atoms with Crippen LogP contribution in [0, 0.1) is 0 Å². The number of carbonyl (C=O) groups is 1. The van der Waals surface area contributed by atoms with E-state index in [9.17, 15) is 9.18 Å². The zero-order valence-corrected chi connectivity index (χ0v) is 17.4. The van der Waals surface area contributed by atoms with E-state index in [0.29, 0.717) is 31.0 Å². The second-order valence-electron chi connectivity index (χ2n) is 7.74. The summed E-state index contributed by atoms with van der Waals surface area (Å²) in [7, 11) is 0. The zero-order valence-electron chi connectivity index (χ0n) is 17.4. The van der Waals surface area contributed by atoms with Gasteiger partial charge in [0.1, 0.15) is 11.5 Å². The summed E-state index contributed by atoms with van der Waals surface area (Å²) in [5, 5.41) is 0. The number of hydrogen-bond acceptors (Lipinski definition) is 2. The quantitative estimate of drug-likeness (QED) is 0.590. The Balaban J connectivity index is 1.76. The van der Waals surface area contributed by atoms with Gasteiger partial charge in [0.2, 0.25) is 0 Å². The van der Waals surface area contributed by atoms with Gasteiger partial charge in [0, 0.05) is 25.8 Å². The Morgan fingerprint density at radius 2 is 2.07 bits per heavy atom. The first-order valence-corrected chi connectivity index (χ1v) is 9.93. The number of rotatable bonds is 6. The molecule has 29 heavy (non-hydrogen) atoms. The molecule has 0 saturated carbocycles. The average molecular weight is 394 g/mol. The van der Waals surface area contributed by atoms with E-state index < -0.39 is 5.67 Å². The lowest BCUT2D eigenvalue weighted by Crippen LogP contribution is -2.49. The van der Waals surface area contributed by atoms with Gasteiger partial charge in [0.15, 0.2) is 0 Å². The molecule has 4 nitrogen and oxygen atoms in total. The third-order valence-electron chi connectivity index (χ3n) is 5.19. The van der Waals surface area contributed by atoms with E-state index in [0.717, 1.165) is 23.1 Å². The van der Waals surface area contributed by atoms with Crippen molar-refractivity contribution in [2.24, 2.45) is 0 Å². The highest BCUT2D eigenvalue weighted by molar-refractivity contribution is 5.91. The van der Waals surface area contributed by atoms with E-state index in [1.807, 2.05) is 43.3 Å². The molecule has 0 spiro atoms. The van der Waals surface area contributed by atoms with Crippen molar-refractivity contribution >= 4 is 17.4 Å². The van der Waals surface area contributed by atoms with Crippen molar-refractivity contribution in [2.75, 3.05) is 18.0 Å². The second kappa shape index (κ2) is 8.60.